The zero-order valence-electron chi connectivity index (χ0n) is 10.4. The van der Waals surface area contributed by atoms with Gasteiger partial charge in [-0.25, -0.2) is 9.48 Å². The van der Waals surface area contributed by atoms with Crippen LogP contribution in [0.2, 0.25) is 0 Å². The number of carbonyl (C=O) groups is 1. The van der Waals surface area contributed by atoms with Crippen LogP contribution >= 0.6 is 0 Å². The summed E-state index contributed by atoms with van der Waals surface area (Å²) in [5.41, 5.74) is 2.91. The van der Waals surface area contributed by atoms with E-state index in [0.29, 0.717) is 0 Å². The van der Waals surface area contributed by atoms with Crippen LogP contribution in [-0.4, -0.2) is 20.9 Å². The number of aryl methyl sites for hydroxylation is 1. The van der Waals surface area contributed by atoms with Crippen molar-refractivity contribution in [2.45, 2.75) is 6.92 Å². The van der Waals surface area contributed by atoms with Gasteiger partial charge in [0.2, 0.25) is 0 Å². The fraction of sp³-hybridized carbons (Fsp3) is 0.0667. The summed E-state index contributed by atoms with van der Waals surface area (Å²) in [6.45, 7) is 1.94. The predicted molar refractivity (Wildman–Crippen MR) is 72.8 cm³/mol. The number of nitrogens with zero attached hydrogens (tertiary/aromatic N) is 2. The van der Waals surface area contributed by atoms with Gasteiger partial charge in [0, 0.05) is 5.39 Å². The Morgan fingerprint density at radius 3 is 2.74 bits per heavy atom. The minimum Gasteiger partial charge on any atom is -0.478 e. The Labute approximate surface area is 109 Å². The van der Waals surface area contributed by atoms with Gasteiger partial charge in [-0.1, -0.05) is 24.3 Å². The molecule has 1 N–H and O–H groups in total. The maximum Gasteiger partial charge on any atom is 0.335 e. The molecule has 0 fully saturated rings. The Kier molecular flexibility index (Phi) is 2.56. The zero-order chi connectivity index (χ0) is 13.4. The standard InChI is InChI=1S/C15H12N2O2/c1-10-13-7-2-3-8-14(13)17(16-10)12-6-4-5-11(9-12)15(18)19/h2-9H,1H3,(H,18,19). The number of carboxylic acid groups (broad SMARTS) is 1. The quantitative estimate of drug-likeness (QED) is 0.762. The molecule has 3 rings (SSSR count). The topological polar surface area (TPSA) is 55.1 Å². The summed E-state index contributed by atoms with van der Waals surface area (Å²) in [5, 5.41) is 14.6. The fourth-order valence-corrected chi connectivity index (χ4v) is 2.19. The van der Waals surface area contributed by atoms with E-state index >= 15 is 0 Å². The number of rotatable bonds is 2. The van der Waals surface area contributed by atoms with Crippen molar-refractivity contribution in [1.82, 2.24) is 9.78 Å². The van der Waals surface area contributed by atoms with Crippen molar-refractivity contribution in [2.24, 2.45) is 0 Å². The van der Waals surface area contributed by atoms with Gasteiger partial charge >= 0.3 is 5.97 Å². The maximum absolute atomic E-state index is 11.0. The third-order valence-corrected chi connectivity index (χ3v) is 3.11. The van der Waals surface area contributed by atoms with Crippen LogP contribution in [0.4, 0.5) is 0 Å². The van der Waals surface area contributed by atoms with Crippen molar-refractivity contribution in [3.8, 4) is 5.69 Å². The number of aromatic nitrogens is 2. The van der Waals surface area contributed by atoms with Crippen molar-refractivity contribution >= 4 is 16.9 Å². The summed E-state index contributed by atoms with van der Waals surface area (Å²) >= 11 is 0. The molecule has 4 heteroatoms. The summed E-state index contributed by atoms with van der Waals surface area (Å²) in [7, 11) is 0. The molecule has 0 saturated heterocycles. The summed E-state index contributed by atoms with van der Waals surface area (Å²) < 4.78 is 1.77. The molecule has 0 amide bonds. The second kappa shape index (κ2) is 4.24. The SMILES string of the molecule is Cc1nn(-c2cccc(C(=O)O)c2)c2ccccc12. The van der Waals surface area contributed by atoms with Gasteiger partial charge in [-0.15, -0.1) is 0 Å². The lowest BCUT2D eigenvalue weighted by atomic mass is 10.2. The number of fused-ring (bicyclic) bond motifs is 1. The molecule has 0 atom stereocenters. The summed E-state index contributed by atoms with van der Waals surface area (Å²) in [6.07, 6.45) is 0. The van der Waals surface area contributed by atoms with E-state index in [2.05, 4.69) is 5.10 Å². The van der Waals surface area contributed by atoms with Crippen molar-refractivity contribution in [2.75, 3.05) is 0 Å². The van der Waals surface area contributed by atoms with Crippen LogP contribution < -0.4 is 0 Å². The summed E-state index contributed by atoms with van der Waals surface area (Å²) in [6, 6.07) is 14.7. The first-order chi connectivity index (χ1) is 9.16. The van der Waals surface area contributed by atoms with Crippen LogP contribution in [0.1, 0.15) is 16.1 Å². The number of para-hydroxylation sites is 1. The Morgan fingerprint density at radius 2 is 1.95 bits per heavy atom. The molecule has 0 unspecified atom stereocenters. The highest BCUT2D eigenvalue weighted by Crippen LogP contribution is 2.21. The fourth-order valence-electron chi connectivity index (χ4n) is 2.19. The molecule has 0 saturated carbocycles. The molecule has 19 heavy (non-hydrogen) atoms. The normalized spacial score (nSPS) is 10.8. The van der Waals surface area contributed by atoms with Gasteiger partial charge in [0.1, 0.15) is 0 Å². The van der Waals surface area contributed by atoms with E-state index in [-0.39, 0.29) is 5.56 Å². The highest BCUT2D eigenvalue weighted by Gasteiger charge is 2.10. The molecule has 1 aromatic heterocycles. The minimum absolute atomic E-state index is 0.259. The molecule has 0 aliphatic carbocycles. The lowest BCUT2D eigenvalue weighted by Gasteiger charge is -2.04. The molecule has 94 valence electrons. The Balaban J connectivity index is 2.25. The van der Waals surface area contributed by atoms with Crippen LogP contribution in [-0.2, 0) is 0 Å². The predicted octanol–water partition coefficient (Wildman–Crippen LogP) is 3.03. The van der Waals surface area contributed by atoms with Crippen LogP contribution in [0.3, 0.4) is 0 Å². The second-order valence-electron chi connectivity index (χ2n) is 4.37. The molecule has 0 radical (unpaired) electrons. The number of hydrogen-bond donors (Lipinski definition) is 1. The smallest absolute Gasteiger partial charge is 0.335 e. The van der Waals surface area contributed by atoms with Crippen molar-refractivity contribution in [1.29, 1.82) is 0 Å². The van der Waals surface area contributed by atoms with Gasteiger partial charge in [0.15, 0.2) is 0 Å². The van der Waals surface area contributed by atoms with Crippen molar-refractivity contribution < 1.29 is 9.90 Å². The van der Waals surface area contributed by atoms with E-state index in [4.69, 9.17) is 5.11 Å². The first-order valence-corrected chi connectivity index (χ1v) is 5.95. The molecule has 0 spiro atoms. The van der Waals surface area contributed by atoms with Gasteiger partial charge in [-0.2, -0.15) is 5.10 Å². The number of benzene rings is 2. The molecule has 1 heterocycles. The van der Waals surface area contributed by atoms with Crippen LogP contribution in [0.25, 0.3) is 16.6 Å². The molecule has 0 bridgehead atoms. The molecule has 3 aromatic rings. The highest BCUT2D eigenvalue weighted by molar-refractivity contribution is 5.89. The third-order valence-electron chi connectivity index (χ3n) is 3.11. The second-order valence-corrected chi connectivity index (χ2v) is 4.37. The third kappa shape index (κ3) is 1.87. The maximum atomic E-state index is 11.0. The van der Waals surface area contributed by atoms with Crippen LogP contribution in [0, 0.1) is 6.92 Å². The van der Waals surface area contributed by atoms with Crippen LogP contribution in [0.15, 0.2) is 48.5 Å². The molecule has 4 nitrogen and oxygen atoms in total. The Bertz CT molecular complexity index is 775. The Morgan fingerprint density at radius 1 is 1.16 bits per heavy atom. The first-order valence-electron chi connectivity index (χ1n) is 5.95. The molecule has 0 aliphatic heterocycles. The summed E-state index contributed by atoms with van der Waals surface area (Å²) in [4.78, 5) is 11.0. The van der Waals surface area contributed by atoms with E-state index < -0.39 is 5.97 Å². The van der Waals surface area contributed by atoms with E-state index in [9.17, 15) is 4.79 Å². The lowest BCUT2D eigenvalue weighted by Crippen LogP contribution is -2.01. The number of carboxylic acids is 1. The largest absolute Gasteiger partial charge is 0.478 e. The zero-order valence-corrected chi connectivity index (χ0v) is 10.4. The average molecular weight is 252 g/mol. The molecular weight excluding hydrogens is 240 g/mol. The van der Waals surface area contributed by atoms with Gasteiger partial charge in [0.05, 0.1) is 22.5 Å². The van der Waals surface area contributed by atoms with Gasteiger partial charge in [0.25, 0.3) is 0 Å². The van der Waals surface area contributed by atoms with E-state index in [1.54, 1.807) is 22.9 Å². The average Bonchev–Trinajstić information content (AvgIpc) is 2.77. The van der Waals surface area contributed by atoms with Crippen molar-refractivity contribution in [3.63, 3.8) is 0 Å². The highest BCUT2D eigenvalue weighted by atomic mass is 16.4. The van der Waals surface area contributed by atoms with E-state index in [0.717, 1.165) is 22.3 Å². The number of hydrogen-bond acceptors (Lipinski definition) is 2. The lowest BCUT2D eigenvalue weighted by molar-refractivity contribution is 0.0697. The molecule has 0 aliphatic rings. The van der Waals surface area contributed by atoms with Gasteiger partial charge < -0.3 is 5.11 Å². The summed E-state index contributed by atoms with van der Waals surface area (Å²) in [5.74, 6) is -0.935. The number of aromatic carboxylic acids is 1. The van der Waals surface area contributed by atoms with Gasteiger partial charge in [-0.3, -0.25) is 0 Å². The van der Waals surface area contributed by atoms with E-state index in [1.807, 2.05) is 37.3 Å². The van der Waals surface area contributed by atoms with Crippen LogP contribution in [0.5, 0.6) is 0 Å². The van der Waals surface area contributed by atoms with Gasteiger partial charge in [-0.05, 0) is 31.2 Å². The van der Waals surface area contributed by atoms with E-state index in [1.165, 1.54) is 0 Å². The first kappa shape index (κ1) is 11.5. The molecular formula is C15H12N2O2. The molecule has 2 aromatic carbocycles. The van der Waals surface area contributed by atoms with Crippen molar-refractivity contribution in [3.05, 3.63) is 59.8 Å². The monoisotopic (exact) mass is 252 g/mol. The minimum atomic E-state index is -0.935. The Hall–Kier alpha value is -2.62.